The Balaban J connectivity index is 1.64. The molecule has 24 heavy (non-hydrogen) atoms. The highest BCUT2D eigenvalue weighted by atomic mass is 16.5. The molecule has 1 amide bonds. The number of hydrogen-bond donors (Lipinski definition) is 2. The summed E-state index contributed by atoms with van der Waals surface area (Å²) in [6, 6.07) is 2.01. The quantitative estimate of drug-likeness (QED) is 0.824. The van der Waals surface area contributed by atoms with E-state index in [9.17, 15) is 9.90 Å². The van der Waals surface area contributed by atoms with Crippen molar-refractivity contribution in [3.05, 3.63) is 18.0 Å². The van der Waals surface area contributed by atoms with Gasteiger partial charge in [0.1, 0.15) is 6.61 Å². The first-order valence-electron chi connectivity index (χ1n) is 8.61. The van der Waals surface area contributed by atoms with E-state index in [2.05, 4.69) is 15.1 Å². The predicted molar refractivity (Wildman–Crippen MR) is 89.2 cm³/mol. The maximum absolute atomic E-state index is 12.4. The molecule has 2 saturated heterocycles. The third kappa shape index (κ3) is 3.34. The third-order valence-electron chi connectivity index (χ3n) is 5.68. The van der Waals surface area contributed by atoms with Crippen molar-refractivity contribution in [1.82, 2.24) is 20.0 Å². The van der Waals surface area contributed by atoms with Crippen LogP contribution in [0.4, 0.5) is 0 Å². The van der Waals surface area contributed by atoms with Crippen molar-refractivity contribution in [3.8, 4) is 0 Å². The van der Waals surface area contributed by atoms with Gasteiger partial charge in [-0.05, 0) is 50.8 Å². The molecule has 1 atom stereocenters. The molecule has 7 heteroatoms. The van der Waals surface area contributed by atoms with Crippen molar-refractivity contribution < 1.29 is 14.6 Å². The van der Waals surface area contributed by atoms with E-state index in [-0.39, 0.29) is 24.5 Å². The van der Waals surface area contributed by atoms with Crippen LogP contribution in [0.3, 0.4) is 0 Å². The molecular weight excluding hydrogens is 308 g/mol. The van der Waals surface area contributed by atoms with Gasteiger partial charge in [-0.3, -0.25) is 14.8 Å². The molecule has 2 aliphatic heterocycles. The highest BCUT2D eigenvalue weighted by molar-refractivity contribution is 5.78. The Bertz CT molecular complexity index is 554. The van der Waals surface area contributed by atoms with Crippen molar-refractivity contribution in [2.45, 2.75) is 38.3 Å². The Morgan fingerprint density at radius 1 is 1.46 bits per heavy atom. The topological polar surface area (TPSA) is 81.7 Å². The zero-order valence-electron chi connectivity index (χ0n) is 14.6. The first-order valence-corrected chi connectivity index (χ1v) is 8.61. The molecule has 1 unspecified atom stereocenters. The van der Waals surface area contributed by atoms with Gasteiger partial charge in [0.25, 0.3) is 0 Å². The van der Waals surface area contributed by atoms with Gasteiger partial charge in [-0.2, -0.15) is 5.10 Å². The maximum atomic E-state index is 12.4. The lowest BCUT2D eigenvalue weighted by atomic mass is 9.74. The molecule has 3 rings (SSSR count). The van der Waals surface area contributed by atoms with Gasteiger partial charge in [0.2, 0.25) is 5.91 Å². The van der Waals surface area contributed by atoms with Crippen LogP contribution in [0.15, 0.2) is 12.3 Å². The lowest BCUT2D eigenvalue weighted by Crippen LogP contribution is -2.49. The Morgan fingerprint density at radius 2 is 2.21 bits per heavy atom. The summed E-state index contributed by atoms with van der Waals surface area (Å²) >= 11 is 0. The first kappa shape index (κ1) is 17.4. The average Bonchev–Trinajstić information content (AvgIpc) is 3.17. The molecule has 134 valence electrons. The number of ether oxygens (including phenoxy) is 1. The minimum Gasteiger partial charge on any atom is -0.394 e. The summed E-state index contributed by atoms with van der Waals surface area (Å²) in [5, 5.41) is 16.9. The molecule has 2 aliphatic rings. The zero-order valence-corrected chi connectivity index (χ0v) is 14.6. The van der Waals surface area contributed by atoms with E-state index in [1.165, 1.54) is 7.11 Å². The molecule has 0 aliphatic carbocycles. The Morgan fingerprint density at radius 3 is 2.79 bits per heavy atom. The second kappa shape index (κ2) is 6.82. The van der Waals surface area contributed by atoms with Crippen LogP contribution in [0, 0.1) is 5.41 Å². The Hall–Kier alpha value is -1.44. The summed E-state index contributed by atoms with van der Waals surface area (Å²) in [7, 11) is 1.54. The van der Waals surface area contributed by atoms with Crippen LogP contribution in [0.5, 0.6) is 0 Å². The number of methoxy groups -OCH3 is 1. The molecule has 3 heterocycles. The van der Waals surface area contributed by atoms with Crippen LogP contribution in [0.1, 0.15) is 31.9 Å². The SMILES string of the molecule is COCC(=O)N1CC2(CCN(Cc3ccn[nH]3)CC2)CC1(C)CO. The highest BCUT2D eigenvalue weighted by Crippen LogP contribution is 2.48. The van der Waals surface area contributed by atoms with E-state index in [1.807, 2.05) is 17.9 Å². The fourth-order valence-electron chi connectivity index (χ4n) is 4.35. The molecule has 2 N–H and O–H groups in total. The van der Waals surface area contributed by atoms with Crippen LogP contribution in [0.25, 0.3) is 0 Å². The summed E-state index contributed by atoms with van der Waals surface area (Å²) in [6.07, 6.45) is 4.74. The normalized spacial score (nSPS) is 27.0. The number of likely N-dealkylation sites (tertiary alicyclic amines) is 2. The number of aliphatic hydroxyl groups excluding tert-OH is 1. The van der Waals surface area contributed by atoms with E-state index in [0.717, 1.165) is 51.1 Å². The van der Waals surface area contributed by atoms with Crippen LogP contribution < -0.4 is 0 Å². The molecule has 0 aromatic carbocycles. The van der Waals surface area contributed by atoms with E-state index < -0.39 is 5.54 Å². The van der Waals surface area contributed by atoms with E-state index in [1.54, 1.807) is 6.20 Å². The van der Waals surface area contributed by atoms with Crippen LogP contribution in [-0.4, -0.2) is 76.5 Å². The number of nitrogens with zero attached hydrogens (tertiary/aromatic N) is 3. The van der Waals surface area contributed by atoms with E-state index in [0.29, 0.717) is 0 Å². The molecule has 1 spiro atoms. The van der Waals surface area contributed by atoms with E-state index in [4.69, 9.17) is 4.74 Å². The fraction of sp³-hybridized carbons (Fsp3) is 0.765. The van der Waals surface area contributed by atoms with Crippen LogP contribution in [-0.2, 0) is 16.1 Å². The molecule has 0 bridgehead atoms. The summed E-state index contributed by atoms with van der Waals surface area (Å²) in [5.74, 6) is -0.0224. The average molecular weight is 336 g/mol. The van der Waals surface area contributed by atoms with Gasteiger partial charge >= 0.3 is 0 Å². The van der Waals surface area contributed by atoms with Gasteiger partial charge in [-0.1, -0.05) is 0 Å². The molecule has 1 aromatic rings. The van der Waals surface area contributed by atoms with Gasteiger partial charge in [0.15, 0.2) is 0 Å². The second-order valence-electron chi connectivity index (χ2n) is 7.60. The van der Waals surface area contributed by atoms with Gasteiger partial charge in [0, 0.05) is 32.1 Å². The molecule has 2 fully saturated rings. The number of rotatable bonds is 5. The largest absolute Gasteiger partial charge is 0.394 e. The number of piperidine rings is 1. The van der Waals surface area contributed by atoms with Crippen molar-refractivity contribution in [1.29, 1.82) is 0 Å². The minimum atomic E-state index is -0.471. The lowest BCUT2D eigenvalue weighted by molar-refractivity contribution is -0.140. The smallest absolute Gasteiger partial charge is 0.249 e. The molecular formula is C17H28N4O3. The Kier molecular flexibility index (Phi) is 4.94. The molecule has 0 radical (unpaired) electrons. The number of H-pyrrole nitrogens is 1. The van der Waals surface area contributed by atoms with Crippen molar-refractivity contribution in [2.75, 3.05) is 40.0 Å². The number of hydrogen-bond acceptors (Lipinski definition) is 5. The van der Waals surface area contributed by atoms with Crippen LogP contribution in [0.2, 0.25) is 0 Å². The molecule has 7 nitrogen and oxygen atoms in total. The first-order chi connectivity index (χ1) is 11.5. The number of carbonyl (C=O) groups is 1. The van der Waals surface area contributed by atoms with Gasteiger partial charge in [-0.15, -0.1) is 0 Å². The second-order valence-corrected chi connectivity index (χ2v) is 7.60. The third-order valence-corrected chi connectivity index (χ3v) is 5.68. The minimum absolute atomic E-state index is 0.00205. The summed E-state index contributed by atoms with van der Waals surface area (Å²) in [4.78, 5) is 16.7. The van der Waals surface area contributed by atoms with Crippen molar-refractivity contribution in [2.24, 2.45) is 5.41 Å². The zero-order chi connectivity index (χ0) is 17.2. The highest BCUT2D eigenvalue weighted by Gasteiger charge is 2.52. The van der Waals surface area contributed by atoms with Gasteiger partial charge in [0.05, 0.1) is 12.1 Å². The van der Waals surface area contributed by atoms with Crippen molar-refractivity contribution >= 4 is 5.91 Å². The summed E-state index contributed by atoms with van der Waals surface area (Å²) in [6.45, 7) is 5.70. The predicted octanol–water partition coefficient (Wildman–Crippen LogP) is 0.622. The summed E-state index contributed by atoms with van der Waals surface area (Å²) < 4.78 is 5.01. The number of amides is 1. The monoisotopic (exact) mass is 336 g/mol. The van der Waals surface area contributed by atoms with Gasteiger partial charge < -0.3 is 14.7 Å². The van der Waals surface area contributed by atoms with E-state index >= 15 is 0 Å². The van der Waals surface area contributed by atoms with Crippen molar-refractivity contribution in [3.63, 3.8) is 0 Å². The number of aliphatic hydroxyl groups is 1. The standard InChI is InChI=1S/C17H28N4O3/c1-16(13-22)11-17(12-21(16)15(23)10-24-2)4-7-20(8-5-17)9-14-3-6-18-19-14/h3,6,22H,4-5,7-13H2,1-2H3,(H,18,19). The number of aromatic amines is 1. The number of nitrogens with one attached hydrogen (secondary N) is 1. The number of carbonyl (C=O) groups excluding carboxylic acids is 1. The molecule has 0 saturated carbocycles. The lowest BCUT2D eigenvalue weighted by Gasteiger charge is -2.39. The van der Waals surface area contributed by atoms with Gasteiger partial charge in [-0.25, -0.2) is 0 Å². The fourth-order valence-corrected chi connectivity index (χ4v) is 4.35. The van der Waals surface area contributed by atoms with Crippen LogP contribution >= 0.6 is 0 Å². The molecule has 1 aromatic heterocycles. The Labute approximate surface area is 143 Å². The number of aromatic nitrogens is 2. The maximum Gasteiger partial charge on any atom is 0.249 e. The summed E-state index contributed by atoms with van der Waals surface area (Å²) in [5.41, 5.74) is 0.779.